The summed E-state index contributed by atoms with van der Waals surface area (Å²) in [5.74, 6) is 1.27. The second kappa shape index (κ2) is 2.34. The van der Waals surface area contributed by atoms with Crippen molar-refractivity contribution in [1.82, 2.24) is 0 Å². The molecule has 0 radical (unpaired) electrons. The van der Waals surface area contributed by atoms with Crippen molar-refractivity contribution in [1.29, 1.82) is 0 Å². The predicted octanol–water partition coefficient (Wildman–Crippen LogP) is 2.00. The fourth-order valence-corrected chi connectivity index (χ4v) is 2.84. The number of fused-ring (bicyclic) bond motifs is 2. The lowest BCUT2D eigenvalue weighted by atomic mass is 9.90. The Kier molecular flexibility index (Phi) is 1.57. The molecular formula is C9H11ClO. The van der Waals surface area contributed by atoms with Crippen LogP contribution >= 0.6 is 11.6 Å². The molecule has 0 spiro atoms. The van der Waals surface area contributed by atoms with E-state index in [9.17, 15) is 4.79 Å². The maximum Gasteiger partial charge on any atom is 0.134 e. The third kappa shape index (κ3) is 0.943. The molecule has 1 nitrogen and oxygen atoms in total. The van der Waals surface area contributed by atoms with Crippen molar-refractivity contribution in [2.24, 2.45) is 17.8 Å². The van der Waals surface area contributed by atoms with Crippen molar-refractivity contribution >= 4 is 17.4 Å². The van der Waals surface area contributed by atoms with Gasteiger partial charge in [-0.2, -0.15) is 0 Å². The summed E-state index contributed by atoms with van der Waals surface area (Å²) in [6.07, 6.45) is 5.40. The summed E-state index contributed by atoms with van der Waals surface area (Å²) in [5.41, 5.74) is 0. The fraction of sp³-hybridized carbons (Fsp3) is 0.667. The number of carbonyl (C=O) groups is 1. The molecule has 0 aromatic carbocycles. The Labute approximate surface area is 71.4 Å². The summed E-state index contributed by atoms with van der Waals surface area (Å²) in [6.45, 7) is 1.65. The number of hydrogen-bond donors (Lipinski definition) is 0. The van der Waals surface area contributed by atoms with E-state index in [4.69, 9.17) is 11.6 Å². The SMILES string of the molecule is CC(=O)[C@@H]1C(Cl)[C@@H]2C=C[C@H]1C2. The highest BCUT2D eigenvalue weighted by molar-refractivity contribution is 6.23. The summed E-state index contributed by atoms with van der Waals surface area (Å²) in [4.78, 5) is 11.1. The minimum atomic E-state index is 0.0718. The molecule has 11 heavy (non-hydrogen) atoms. The first-order valence-corrected chi connectivity index (χ1v) is 4.46. The van der Waals surface area contributed by atoms with E-state index in [1.54, 1.807) is 6.92 Å². The summed E-state index contributed by atoms with van der Waals surface area (Å²) < 4.78 is 0. The van der Waals surface area contributed by atoms with Crippen LogP contribution in [0.25, 0.3) is 0 Å². The molecule has 2 aliphatic rings. The molecule has 2 rings (SSSR count). The smallest absolute Gasteiger partial charge is 0.134 e. The Balaban J connectivity index is 2.25. The van der Waals surface area contributed by atoms with Crippen LogP contribution in [0.2, 0.25) is 0 Å². The Morgan fingerprint density at radius 1 is 1.45 bits per heavy atom. The second-order valence-electron chi connectivity index (χ2n) is 3.53. The molecule has 2 bridgehead atoms. The number of rotatable bonds is 1. The lowest BCUT2D eigenvalue weighted by molar-refractivity contribution is -0.121. The van der Waals surface area contributed by atoms with Gasteiger partial charge in [-0.25, -0.2) is 0 Å². The van der Waals surface area contributed by atoms with Gasteiger partial charge in [0.1, 0.15) is 5.78 Å². The van der Waals surface area contributed by atoms with E-state index in [2.05, 4.69) is 12.2 Å². The van der Waals surface area contributed by atoms with Crippen molar-refractivity contribution in [2.45, 2.75) is 18.7 Å². The molecule has 60 valence electrons. The lowest BCUT2D eigenvalue weighted by Crippen LogP contribution is -2.25. The number of carbonyl (C=O) groups excluding carboxylic acids is 1. The number of Topliss-reactive ketones (excluding diaryl/α,β-unsaturated/α-hetero) is 1. The van der Waals surface area contributed by atoms with Crippen molar-refractivity contribution in [3.05, 3.63) is 12.2 Å². The highest BCUT2D eigenvalue weighted by Gasteiger charge is 2.45. The van der Waals surface area contributed by atoms with Crippen LogP contribution in [0.4, 0.5) is 0 Å². The van der Waals surface area contributed by atoms with Gasteiger partial charge in [0.25, 0.3) is 0 Å². The van der Waals surface area contributed by atoms with Gasteiger partial charge in [0.15, 0.2) is 0 Å². The van der Waals surface area contributed by atoms with Crippen LogP contribution in [0.15, 0.2) is 12.2 Å². The first-order chi connectivity index (χ1) is 5.20. The van der Waals surface area contributed by atoms with E-state index in [0.717, 1.165) is 6.42 Å². The van der Waals surface area contributed by atoms with Crippen molar-refractivity contribution in [3.8, 4) is 0 Å². The van der Waals surface area contributed by atoms with Gasteiger partial charge in [-0.1, -0.05) is 12.2 Å². The van der Waals surface area contributed by atoms with Gasteiger partial charge in [-0.15, -0.1) is 11.6 Å². The lowest BCUT2D eigenvalue weighted by Gasteiger charge is -2.19. The molecule has 0 heterocycles. The van der Waals surface area contributed by atoms with Gasteiger partial charge in [-0.05, 0) is 25.2 Å². The number of alkyl halides is 1. The molecule has 0 saturated heterocycles. The monoisotopic (exact) mass is 170 g/mol. The number of ketones is 1. The van der Waals surface area contributed by atoms with Gasteiger partial charge in [0, 0.05) is 5.92 Å². The van der Waals surface area contributed by atoms with Gasteiger partial charge >= 0.3 is 0 Å². The van der Waals surface area contributed by atoms with Gasteiger partial charge in [-0.3, -0.25) is 4.79 Å². The average molecular weight is 171 g/mol. The second-order valence-corrected chi connectivity index (χ2v) is 4.03. The zero-order valence-electron chi connectivity index (χ0n) is 6.46. The average Bonchev–Trinajstić information content (AvgIpc) is 2.44. The zero-order valence-corrected chi connectivity index (χ0v) is 7.21. The molecule has 2 aliphatic carbocycles. The molecular weight excluding hydrogens is 160 g/mol. The van der Waals surface area contributed by atoms with Crippen LogP contribution in [0.3, 0.4) is 0 Å². The predicted molar refractivity (Wildman–Crippen MR) is 44.5 cm³/mol. The molecule has 0 aromatic heterocycles. The maximum atomic E-state index is 11.1. The molecule has 1 unspecified atom stereocenters. The van der Waals surface area contributed by atoms with Crippen molar-refractivity contribution in [3.63, 3.8) is 0 Å². The third-order valence-corrected chi connectivity index (χ3v) is 3.43. The van der Waals surface area contributed by atoms with Crippen LogP contribution in [0, 0.1) is 17.8 Å². The molecule has 2 heteroatoms. The van der Waals surface area contributed by atoms with Gasteiger partial charge < -0.3 is 0 Å². The van der Waals surface area contributed by atoms with E-state index in [-0.39, 0.29) is 17.1 Å². The first-order valence-electron chi connectivity index (χ1n) is 4.03. The maximum absolute atomic E-state index is 11.1. The highest BCUT2D eigenvalue weighted by atomic mass is 35.5. The van der Waals surface area contributed by atoms with E-state index >= 15 is 0 Å². The van der Waals surface area contributed by atoms with Crippen LogP contribution < -0.4 is 0 Å². The summed E-state index contributed by atoms with van der Waals surface area (Å²) in [7, 11) is 0. The van der Waals surface area contributed by atoms with Crippen LogP contribution in [0.5, 0.6) is 0 Å². The van der Waals surface area contributed by atoms with E-state index < -0.39 is 0 Å². The van der Waals surface area contributed by atoms with Crippen LogP contribution in [-0.4, -0.2) is 11.2 Å². The molecule has 0 aromatic rings. The first kappa shape index (κ1) is 7.35. The van der Waals surface area contributed by atoms with Gasteiger partial charge in [0.05, 0.1) is 5.38 Å². The third-order valence-electron chi connectivity index (χ3n) is 2.83. The molecule has 0 aliphatic heterocycles. The topological polar surface area (TPSA) is 17.1 Å². The highest BCUT2D eigenvalue weighted by Crippen LogP contribution is 2.46. The van der Waals surface area contributed by atoms with Crippen LogP contribution in [0.1, 0.15) is 13.3 Å². The van der Waals surface area contributed by atoms with Crippen molar-refractivity contribution in [2.75, 3.05) is 0 Å². The molecule has 1 saturated carbocycles. The minimum Gasteiger partial charge on any atom is -0.300 e. The standard InChI is InChI=1S/C9H11ClO/c1-5(11)8-6-2-3-7(4-6)9(8)10/h2-3,6-9H,4H2,1H3/t6-,7+,8-,9?/m0/s1. The minimum absolute atomic E-state index is 0.0718. The van der Waals surface area contributed by atoms with Crippen LogP contribution in [-0.2, 0) is 4.79 Å². The molecule has 0 N–H and O–H groups in total. The van der Waals surface area contributed by atoms with Crippen molar-refractivity contribution < 1.29 is 4.79 Å². The van der Waals surface area contributed by atoms with E-state index in [1.165, 1.54) is 0 Å². The summed E-state index contributed by atoms with van der Waals surface area (Å²) in [6, 6.07) is 0. The van der Waals surface area contributed by atoms with E-state index in [0.29, 0.717) is 11.8 Å². The molecule has 4 atom stereocenters. The Bertz CT molecular complexity index is 222. The molecule has 0 amide bonds. The quantitative estimate of drug-likeness (QED) is 0.435. The Morgan fingerprint density at radius 2 is 2.09 bits per heavy atom. The number of hydrogen-bond acceptors (Lipinski definition) is 1. The Hall–Kier alpha value is -0.300. The largest absolute Gasteiger partial charge is 0.300 e. The Morgan fingerprint density at radius 3 is 2.45 bits per heavy atom. The molecule has 1 fully saturated rings. The normalized spacial score (nSPS) is 46.7. The summed E-state index contributed by atoms with van der Waals surface area (Å²) >= 11 is 6.10. The van der Waals surface area contributed by atoms with E-state index in [1.807, 2.05) is 0 Å². The van der Waals surface area contributed by atoms with Gasteiger partial charge in [0.2, 0.25) is 0 Å². The number of halogens is 1. The zero-order chi connectivity index (χ0) is 8.01. The summed E-state index contributed by atoms with van der Waals surface area (Å²) in [5, 5.41) is 0.0718. The number of allylic oxidation sites excluding steroid dienone is 2. The fourth-order valence-electron chi connectivity index (χ4n) is 2.29.